The van der Waals surface area contributed by atoms with E-state index in [-0.39, 0.29) is 0 Å². The topological polar surface area (TPSA) is 36.4 Å². The van der Waals surface area contributed by atoms with Gasteiger partial charge in [-0.05, 0) is 37.4 Å². The number of likely N-dealkylation sites (tertiary alicyclic amines) is 1. The maximum atomic E-state index is 9.27. The van der Waals surface area contributed by atoms with Crippen LogP contribution in [0.1, 0.15) is 18.5 Å². The molecule has 1 atom stereocenters. The van der Waals surface area contributed by atoms with Crippen molar-refractivity contribution < 1.29 is 5.11 Å². The molecule has 1 aliphatic heterocycles. The van der Waals surface area contributed by atoms with E-state index < -0.39 is 0 Å². The van der Waals surface area contributed by atoms with Crippen molar-refractivity contribution in [2.75, 3.05) is 19.7 Å². The van der Waals surface area contributed by atoms with Crippen LogP contribution in [0.2, 0.25) is 0 Å². The van der Waals surface area contributed by atoms with E-state index in [0.717, 1.165) is 37.3 Å². The number of benzene rings is 1. The number of rotatable bonds is 3. The normalized spacial score (nSPS) is 20.8. The van der Waals surface area contributed by atoms with Gasteiger partial charge in [-0.2, -0.15) is 0 Å². The lowest BCUT2D eigenvalue weighted by Gasteiger charge is -2.31. The molecule has 1 fully saturated rings. The summed E-state index contributed by atoms with van der Waals surface area (Å²) in [6.07, 6.45) is 2.33. The van der Waals surface area contributed by atoms with Crippen molar-refractivity contribution in [2.24, 2.45) is 5.92 Å². The fourth-order valence-corrected chi connectivity index (χ4v) is 2.87. The van der Waals surface area contributed by atoms with Crippen LogP contribution in [0.3, 0.4) is 0 Å². The Morgan fingerprint density at radius 2 is 2.11 bits per heavy atom. The quantitative estimate of drug-likeness (QED) is 0.916. The number of aromatic nitrogens is 1. The van der Waals surface area contributed by atoms with Crippen molar-refractivity contribution in [3.05, 3.63) is 42.1 Å². The number of piperidine rings is 1. The molecule has 2 aromatic rings. The molecule has 0 spiro atoms. The Bertz CT molecular complexity index is 555. The lowest BCUT2D eigenvalue weighted by atomic mass is 9.99. The van der Waals surface area contributed by atoms with Crippen LogP contribution in [0.4, 0.5) is 0 Å². The highest BCUT2D eigenvalue weighted by Crippen LogP contribution is 2.18. The molecule has 3 heteroatoms. The van der Waals surface area contributed by atoms with Gasteiger partial charge in [-0.3, -0.25) is 9.88 Å². The van der Waals surface area contributed by atoms with E-state index in [9.17, 15) is 5.11 Å². The first-order chi connectivity index (χ1) is 9.35. The Morgan fingerprint density at radius 3 is 3.00 bits per heavy atom. The maximum absolute atomic E-state index is 9.27. The molecule has 1 aromatic carbocycles. The highest BCUT2D eigenvalue weighted by molar-refractivity contribution is 5.78. The zero-order valence-corrected chi connectivity index (χ0v) is 11.1. The highest BCUT2D eigenvalue weighted by Gasteiger charge is 2.19. The first-order valence-corrected chi connectivity index (χ1v) is 7.03. The lowest BCUT2D eigenvalue weighted by Crippen LogP contribution is -2.36. The summed E-state index contributed by atoms with van der Waals surface area (Å²) < 4.78 is 0. The smallest absolute Gasteiger partial charge is 0.0705 e. The van der Waals surface area contributed by atoms with Crippen LogP contribution in [0.15, 0.2) is 36.4 Å². The predicted molar refractivity (Wildman–Crippen MR) is 76.8 cm³/mol. The first-order valence-electron chi connectivity index (χ1n) is 7.03. The van der Waals surface area contributed by atoms with Gasteiger partial charge in [-0.25, -0.2) is 0 Å². The molecule has 1 aliphatic rings. The van der Waals surface area contributed by atoms with Crippen LogP contribution in [-0.4, -0.2) is 34.7 Å². The predicted octanol–water partition coefficient (Wildman–Crippen LogP) is 2.44. The van der Waals surface area contributed by atoms with Crippen molar-refractivity contribution in [3.8, 4) is 0 Å². The molecule has 0 saturated carbocycles. The second-order valence-electron chi connectivity index (χ2n) is 5.42. The average molecular weight is 256 g/mol. The molecule has 100 valence electrons. The minimum absolute atomic E-state index is 0.307. The van der Waals surface area contributed by atoms with Gasteiger partial charge in [0, 0.05) is 25.1 Å². The summed E-state index contributed by atoms with van der Waals surface area (Å²) in [5, 5.41) is 10.5. The molecule has 0 bridgehead atoms. The van der Waals surface area contributed by atoms with E-state index in [1.165, 1.54) is 11.8 Å². The zero-order valence-electron chi connectivity index (χ0n) is 11.1. The summed E-state index contributed by atoms with van der Waals surface area (Å²) in [6, 6.07) is 12.5. The van der Waals surface area contributed by atoms with Gasteiger partial charge in [0.15, 0.2) is 0 Å². The second kappa shape index (κ2) is 5.68. The molecule has 0 radical (unpaired) electrons. The Morgan fingerprint density at radius 1 is 1.21 bits per heavy atom. The fraction of sp³-hybridized carbons (Fsp3) is 0.438. The van der Waals surface area contributed by atoms with Crippen LogP contribution in [0.25, 0.3) is 10.9 Å². The van der Waals surface area contributed by atoms with Gasteiger partial charge in [-0.15, -0.1) is 0 Å². The van der Waals surface area contributed by atoms with E-state index in [1.54, 1.807) is 0 Å². The second-order valence-corrected chi connectivity index (χ2v) is 5.42. The summed E-state index contributed by atoms with van der Waals surface area (Å²) in [5.41, 5.74) is 2.19. The molecular weight excluding hydrogens is 236 g/mol. The standard InChI is InChI=1S/C16H20N2O/c19-12-13-4-3-9-18(10-13)11-15-8-7-14-5-1-2-6-16(14)17-15/h1-2,5-8,13,19H,3-4,9-12H2. The van der Waals surface area contributed by atoms with Crippen molar-refractivity contribution in [2.45, 2.75) is 19.4 Å². The summed E-state index contributed by atoms with van der Waals surface area (Å²) in [7, 11) is 0. The number of fused-ring (bicyclic) bond motifs is 1. The van der Waals surface area contributed by atoms with Crippen molar-refractivity contribution in [1.29, 1.82) is 0 Å². The molecule has 1 saturated heterocycles. The van der Waals surface area contributed by atoms with Gasteiger partial charge in [0.25, 0.3) is 0 Å². The Hall–Kier alpha value is -1.45. The summed E-state index contributed by atoms with van der Waals surface area (Å²) in [5.74, 6) is 0.439. The molecule has 3 rings (SSSR count). The number of hydrogen-bond acceptors (Lipinski definition) is 3. The van der Waals surface area contributed by atoms with Gasteiger partial charge >= 0.3 is 0 Å². The van der Waals surface area contributed by atoms with Gasteiger partial charge in [0.2, 0.25) is 0 Å². The minimum Gasteiger partial charge on any atom is -0.396 e. The monoisotopic (exact) mass is 256 g/mol. The third kappa shape index (κ3) is 2.94. The van der Waals surface area contributed by atoms with Gasteiger partial charge in [-0.1, -0.05) is 24.3 Å². The van der Waals surface area contributed by atoms with Crippen molar-refractivity contribution in [3.63, 3.8) is 0 Å². The van der Waals surface area contributed by atoms with E-state index in [1.807, 2.05) is 12.1 Å². The number of para-hydroxylation sites is 1. The highest BCUT2D eigenvalue weighted by atomic mass is 16.3. The number of pyridine rings is 1. The molecule has 3 nitrogen and oxygen atoms in total. The van der Waals surface area contributed by atoms with E-state index in [0.29, 0.717) is 12.5 Å². The van der Waals surface area contributed by atoms with Gasteiger partial charge in [0.05, 0.1) is 11.2 Å². The SMILES string of the molecule is OCC1CCCN(Cc2ccc3ccccc3n2)C1. The van der Waals surface area contributed by atoms with Crippen LogP contribution >= 0.6 is 0 Å². The zero-order chi connectivity index (χ0) is 13.1. The van der Waals surface area contributed by atoms with Crippen LogP contribution < -0.4 is 0 Å². The van der Waals surface area contributed by atoms with Crippen LogP contribution in [-0.2, 0) is 6.54 Å². The lowest BCUT2D eigenvalue weighted by molar-refractivity contribution is 0.115. The molecule has 0 amide bonds. The molecule has 2 heterocycles. The molecule has 1 unspecified atom stereocenters. The van der Waals surface area contributed by atoms with E-state index >= 15 is 0 Å². The summed E-state index contributed by atoms with van der Waals surface area (Å²) >= 11 is 0. The Balaban J connectivity index is 1.74. The molecule has 1 aromatic heterocycles. The molecular formula is C16H20N2O. The Labute approximate surface area is 113 Å². The number of aliphatic hydroxyl groups excluding tert-OH is 1. The van der Waals surface area contributed by atoms with E-state index in [2.05, 4.69) is 29.2 Å². The van der Waals surface area contributed by atoms with Crippen molar-refractivity contribution in [1.82, 2.24) is 9.88 Å². The molecule has 0 aliphatic carbocycles. The summed E-state index contributed by atoms with van der Waals surface area (Å²) in [4.78, 5) is 7.12. The third-order valence-electron chi connectivity index (χ3n) is 3.90. The third-order valence-corrected chi connectivity index (χ3v) is 3.90. The molecule has 1 N–H and O–H groups in total. The maximum Gasteiger partial charge on any atom is 0.0705 e. The van der Waals surface area contributed by atoms with E-state index in [4.69, 9.17) is 4.98 Å². The first kappa shape index (κ1) is 12.6. The van der Waals surface area contributed by atoms with Crippen molar-refractivity contribution >= 4 is 10.9 Å². The fourth-order valence-electron chi connectivity index (χ4n) is 2.87. The summed E-state index contributed by atoms with van der Waals surface area (Å²) in [6.45, 7) is 3.30. The van der Waals surface area contributed by atoms with Crippen LogP contribution in [0.5, 0.6) is 0 Å². The number of hydrogen-bond donors (Lipinski definition) is 1. The molecule has 19 heavy (non-hydrogen) atoms. The Kier molecular flexibility index (Phi) is 3.76. The van der Waals surface area contributed by atoms with Crippen LogP contribution in [0, 0.1) is 5.92 Å². The number of nitrogens with zero attached hydrogens (tertiary/aromatic N) is 2. The average Bonchev–Trinajstić information content (AvgIpc) is 2.47. The van der Waals surface area contributed by atoms with Gasteiger partial charge in [0.1, 0.15) is 0 Å². The van der Waals surface area contributed by atoms with Gasteiger partial charge < -0.3 is 5.11 Å². The largest absolute Gasteiger partial charge is 0.396 e. The number of aliphatic hydroxyl groups is 1. The minimum atomic E-state index is 0.307.